The van der Waals surface area contributed by atoms with Crippen molar-refractivity contribution < 1.29 is 9.47 Å². The number of thiophene rings is 2. The third kappa shape index (κ3) is 4.72. The lowest BCUT2D eigenvalue weighted by Crippen LogP contribution is -1.98. The van der Waals surface area contributed by atoms with E-state index >= 15 is 0 Å². The summed E-state index contributed by atoms with van der Waals surface area (Å²) in [7, 11) is 3.01. The Morgan fingerprint density at radius 3 is 1.37 bits per heavy atom. The summed E-state index contributed by atoms with van der Waals surface area (Å²) in [6.45, 7) is 0. The fraction of sp³-hybridized carbons (Fsp3) is 0.0714. The SMILES string of the molecule is COc1nc(-c2sccc2Br)cc(-c2ccc(-c3cc(-c4sccc4Br)nc(OC)c3C#N)cc2)c1C#N. The molecule has 0 fully saturated rings. The van der Waals surface area contributed by atoms with Gasteiger partial charge >= 0.3 is 0 Å². The van der Waals surface area contributed by atoms with Crippen molar-refractivity contribution >= 4 is 54.5 Å². The van der Waals surface area contributed by atoms with E-state index in [1.165, 1.54) is 14.2 Å². The minimum absolute atomic E-state index is 0.265. The van der Waals surface area contributed by atoms with Crippen molar-refractivity contribution in [1.82, 2.24) is 9.97 Å². The van der Waals surface area contributed by atoms with Gasteiger partial charge in [-0.3, -0.25) is 0 Å². The number of hydrogen-bond acceptors (Lipinski definition) is 8. The van der Waals surface area contributed by atoms with Crippen LogP contribution in [0.25, 0.3) is 43.4 Å². The molecule has 5 aromatic rings. The Morgan fingerprint density at radius 1 is 0.684 bits per heavy atom. The summed E-state index contributed by atoms with van der Waals surface area (Å²) in [5, 5.41) is 23.8. The number of pyridine rings is 2. The number of aromatic nitrogens is 2. The molecule has 0 radical (unpaired) electrons. The lowest BCUT2D eigenvalue weighted by Gasteiger charge is -2.13. The maximum Gasteiger partial charge on any atom is 0.232 e. The van der Waals surface area contributed by atoms with Gasteiger partial charge in [-0.05, 0) is 78.0 Å². The predicted octanol–water partition coefficient (Wildman–Crippen LogP) is 8.55. The van der Waals surface area contributed by atoms with Gasteiger partial charge in [0.15, 0.2) is 0 Å². The van der Waals surface area contributed by atoms with Crippen molar-refractivity contribution in [3.63, 3.8) is 0 Å². The minimum atomic E-state index is 0.265. The first-order valence-corrected chi connectivity index (χ1v) is 14.4. The zero-order chi connectivity index (χ0) is 26.8. The van der Waals surface area contributed by atoms with E-state index < -0.39 is 0 Å². The van der Waals surface area contributed by atoms with Crippen LogP contribution < -0.4 is 9.47 Å². The zero-order valence-corrected chi connectivity index (χ0v) is 24.8. The highest BCUT2D eigenvalue weighted by Crippen LogP contribution is 2.41. The number of ether oxygens (including phenoxy) is 2. The fourth-order valence-electron chi connectivity index (χ4n) is 4.03. The van der Waals surface area contributed by atoms with E-state index in [1.807, 2.05) is 59.3 Å². The third-order valence-electron chi connectivity index (χ3n) is 5.79. The van der Waals surface area contributed by atoms with Crippen LogP contribution in [0.1, 0.15) is 11.1 Å². The topological polar surface area (TPSA) is 91.8 Å². The van der Waals surface area contributed by atoms with Crippen molar-refractivity contribution in [2.75, 3.05) is 14.2 Å². The molecule has 0 aliphatic heterocycles. The van der Waals surface area contributed by atoms with Gasteiger partial charge in [0.05, 0.1) is 35.4 Å². The Bertz CT molecular complexity index is 1620. The van der Waals surface area contributed by atoms with Crippen LogP contribution in [-0.4, -0.2) is 24.2 Å². The Kier molecular flexibility index (Phi) is 7.59. The quantitative estimate of drug-likeness (QED) is 0.181. The molecule has 0 N–H and O–H groups in total. The Hall–Kier alpha value is -3.54. The second-order valence-electron chi connectivity index (χ2n) is 7.87. The number of nitriles is 2. The number of nitrogens with zero attached hydrogens (tertiary/aromatic N) is 4. The number of rotatable bonds is 6. The van der Waals surface area contributed by atoms with Gasteiger partial charge in [0, 0.05) is 20.1 Å². The van der Waals surface area contributed by atoms with Crippen LogP contribution in [0.15, 0.2) is 68.2 Å². The molecule has 0 atom stereocenters. The van der Waals surface area contributed by atoms with E-state index in [0.29, 0.717) is 33.6 Å². The summed E-state index contributed by atoms with van der Waals surface area (Å²) in [5.41, 5.74) is 5.17. The molecule has 0 unspecified atom stereocenters. The highest BCUT2D eigenvalue weighted by Gasteiger charge is 2.20. The maximum absolute atomic E-state index is 9.93. The first kappa shape index (κ1) is 26.1. The van der Waals surface area contributed by atoms with Crippen LogP contribution in [0.4, 0.5) is 0 Å². The summed E-state index contributed by atoms with van der Waals surface area (Å²) >= 11 is 10.2. The molecular formula is C28H16Br2N4O2S2. The molecule has 1 aromatic carbocycles. The van der Waals surface area contributed by atoms with Gasteiger partial charge in [-0.2, -0.15) is 10.5 Å². The van der Waals surface area contributed by atoms with Crippen molar-refractivity contribution in [2.24, 2.45) is 0 Å². The molecule has 186 valence electrons. The van der Waals surface area contributed by atoms with Gasteiger partial charge < -0.3 is 9.47 Å². The summed E-state index contributed by atoms with van der Waals surface area (Å²) in [6, 6.07) is 19.9. The van der Waals surface area contributed by atoms with Gasteiger partial charge in [-0.15, -0.1) is 22.7 Å². The lowest BCUT2D eigenvalue weighted by molar-refractivity contribution is 0.397. The maximum atomic E-state index is 9.93. The minimum Gasteiger partial charge on any atom is -0.480 e. The second-order valence-corrected chi connectivity index (χ2v) is 11.4. The normalized spacial score (nSPS) is 10.6. The van der Waals surface area contributed by atoms with Crippen LogP contribution in [-0.2, 0) is 0 Å². The van der Waals surface area contributed by atoms with Gasteiger partial charge in [-0.1, -0.05) is 24.3 Å². The highest BCUT2D eigenvalue weighted by molar-refractivity contribution is 9.11. The van der Waals surface area contributed by atoms with Gasteiger partial charge in [0.25, 0.3) is 0 Å². The van der Waals surface area contributed by atoms with Crippen molar-refractivity contribution in [2.45, 2.75) is 0 Å². The summed E-state index contributed by atoms with van der Waals surface area (Å²) < 4.78 is 12.8. The molecule has 38 heavy (non-hydrogen) atoms. The highest BCUT2D eigenvalue weighted by atomic mass is 79.9. The molecule has 0 saturated carbocycles. The third-order valence-corrected chi connectivity index (χ3v) is 9.51. The lowest BCUT2D eigenvalue weighted by atomic mass is 9.95. The molecule has 0 bridgehead atoms. The van der Waals surface area contributed by atoms with Crippen molar-refractivity contribution in [3.05, 3.63) is 79.4 Å². The van der Waals surface area contributed by atoms with Gasteiger partial charge in [0.1, 0.15) is 23.3 Å². The molecule has 0 amide bonds. The smallest absolute Gasteiger partial charge is 0.232 e. The number of benzene rings is 1. The van der Waals surface area contributed by atoms with E-state index in [0.717, 1.165) is 29.8 Å². The zero-order valence-electron chi connectivity index (χ0n) is 20.0. The molecule has 4 aromatic heterocycles. The fourth-order valence-corrected chi connectivity index (χ4v) is 7.10. The Labute approximate surface area is 244 Å². The summed E-state index contributed by atoms with van der Waals surface area (Å²) in [4.78, 5) is 11.0. The molecule has 0 spiro atoms. The van der Waals surface area contributed by atoms with E-state index in [4.69, 9.17) is 9.47 Å². The van der Waals surface area contributed by atoms with Crippen LogP contribution in [0.2, 0.25) is 0 Å². The average Bonchev–Trinajstić information content (AvgIpc) is 3.59. The monoisotopic (exact) mass is 662 g/mol. The average molecular weight is 664 g/mol. The van der Waals surface area contributed by atoms with E-state index in [1.54, 1.807) is 22.7 Å². The number of hydrogen-bond donors (Lipinski definition) is 0. The molecule has 0 aliphatic rings. The molecule has 0 aliphatic carbocycles. The van der Waals surface area contributed by atoms with Crippen molar-refractivity contribution in [3.8, 4) is 67.3 Å². The van der Waals surface area contributed by atoms with Crippen molar-refractivity contribution in [1.29, 1.82) is 10.5 Å². The van der Waals surface area contributed by atoms with Crippen LogP contribution in [0, 0.1) is 22.7 Å². The molecular weight excluding hydrogens is 648 g/mol. The van der Waals surface area contributed by atoms with Gasteiger partial charge in [-0.25, -0.2) is 9.97 Å². The number of methoxy groups -OCH3 is 2. The summed E-state index contributed by atoms with van der Waals surface area (Å²) in [5.74, 6) is 0.530. The van der Waals surface area contributed by atoms with Gasteiger partial charge in [0.2, 0.25) is 11.8 Å². The molecule has 5 rings (SSSR count). The second kappa shape index (κ2) is 11.1. The molecule has 6 nitrogen and oxygen atoms in total. The molecule has 4 heterocycles. The first-order chi connectivity index (χ1) is 18.5. The Balaban J connectivity index is 1.64. The Morgan fingerprint density at radius 2 is 1.08 bits per heavy atom. The van der Waals surface area contributed by atoms with Crippen LogP contribution >= 0.6 is 54.5 Å². The molecule has 10 heteroatoms. The van der Waals surface area contributed by atoms with E-state index in [9.17, 15) is 10.5 Å². The summed E-state index contributed by atoms with van der Waals surface area (Å²) in [6.07, 6.45) is 0. The molecule has 0 saturated heterocycles. The first-order valence-electron chi connectivity index (χ1n) is 11.0. The number of halogens is 2. The van der Waals surface area contributed by atoms with Crippen LogP contribution in [0.3, 0.4) is 0 Å². The standard InChI is InChI=1S/C28H16Br2N4O2S2/c1-35-27-19(13-31)17(11-23(33-27)25-21(29)7-9-37-25)15-3-5-16(6-4-15)18-12-24(26-22(30)8-10-38-26)34-28(36-2)20(18)14-32/h3-12H,1-2H3. The van der Waals surface area contributed by atoms with Crippen LogP contribution in [0.5, 0.6) is 11.8 Å². The largest absolute Gasteiger partial charge is 0.480 e. The van der Waals surface area contributed by atoms with E-state index in [2.05, 4.69) is 54.0 Å². The predicted molar refractivity (Wildman–Crippen MR) is 157 cm³/mol. The van der Waals surface area contributed by atoms with E-state index in [-0.39, 0.29) is 11.8 Å².